The molecule has 0 spiro atoms. The molecule has 3 N–H and O–H groups in total. The van der Waals surface area contributed by atoms with E-state index < -0.39 is 0 Å². The van der Waals surface area contributed by atoms with Gasteiger partial charge in [0.1, 0.15) is 0 Å². The Labute approximate surface area is 208 Å². The average molecular weight is 488 g/mol. The second-order valence-corrected chi connectivity index (χ2v) is 9.46. The Kier molecular flexibility index (Phi) is 5.93. The van der Waals surface area contributed by atoms with E-state index in [-0.39, 0.29) is 5.91 Å². The highest BCUT2D eigenvalue weighted by molar-refractivity contribution is 7.72. The maximum absolute atomic E-state index is 13.0. The molecule has 1 heterocycles. The quantitative estimate of drug-likeness (QED) is 0.286. The fourth-order valence-electron chi connectivity index (χ4n) is 4.31. The van der Waals surface area contributed by atoms with Gasteiger partial charge in [-0.15, -0.1) is 0 Å². The fourth-order valence-corrected chi connectivity index (χ4v) is 4.86. The van der Waals surface area contributed by atoms with Gasteiger partial charge in [0, 0.05) is 35.9 Å². The van der Waals surface area contributed by atoms with Gasteiger partial charge in [-0.25, -0.2) is 0 Å². The van der Waals surface area contributed by atoms with Gasteiger partial charge >= 0.3 is 0 Å². The number of aromatic amines is 2. The van der Waals surface area contributed by atoms with E-state index in [1.807, 2.05) is 42.5 Å². The minimum absolute atomic E-state index is 0.166. The molecular weight excluding hydrogens is 462 g/mol. The summed E-state index contributed by atoms with van der Waals surface area (Å²) < 4.78 is 2.64. The maximum atomic E-state index is 13.0. The average Bonchev–Trinajstić information content (AvgIpc) is 3.57. The van der Waals surface area contributed by atoms with Crippen molar-refractivity contribution in [2.75, 3.05) is 17.3 Å². The highest BCUT2D eigenvalue weighted by atomic mass is 32.1. The molecule has 0 saturated heterocycles. The normalized spacial score (nSPS) is 16.8. The molecule has 3 aromatic carbocycles. The minimum Gasteiger partial charge on any atom is -0.371 e. The molecule has 1 aliphatic carbocycles. The second-order valence-electron chi connectivity index (χ2n) is 8.68. The Morgan fingerprint density at radius 1 is 1.00 bits per heavy atom. The van der Waals surface area contributed by atoms with Gasteiger partial charge in [0.2, 0.25) is 0 Å². The number of carbonyl (C=O) groups excluding carboxylic acids is 1. The molecule has 0 bridgehead atoms. The summed E-state index contributed by atoms with van der Waals surface area (Å²) in [5.74, 6) is 0.360. The van der Waals surface area contributed by atoms with Crippen LogP contribution < -0.4 is 10.2 Å². The van der Waals surface area contributed by atoms with Crippen LogP contribution in [0.15, 0.2) is 72.8 Å². The van der Waals surface area contributed by atoms with E-state index in [4.69, 9.17) is 24.4 Å². The summed E-state index contributed by atoms with van der Waals surface area (Å²) in [4.78, 5) is 15.3. The van der Waals surface area contributed by atoms with Crippen molar-refractivity contribution >= 4 is 41.7 Å². The van der Waals surface area contributed by atoms with Crippen molar-refractivity contribution < 1.29 is 4.79 Å². The number of hydrogen-bond acceptors (Lipinski definition) is 4. The topological polar surface area (TPSA) is 68.8 Å². The van der Waals surface area contributed by atoms with Gasteiger partial charge < -0.3 is 10.2 Å². The summed E-state index contributed by atoms with van der Waals surface area (Å²) in [7, 11) is 2.10. The molecule has 1 aromatic heterocycles. The van der Waals surface area contributed by atoms with Crippen molar-refractivity contribution in [1.29, 1.82) is 0 Å². The Morgan fingerprint density at radius 2 is 1.71 bits per heavy atom. The smallest absolute Gasteiger partial charge is 0.255 e. The molecule has 1 saturated carbocycles. The molecule has 172 valence electrons. The number of carbonyl (C=O) groups is 1. The van der Waals surface area contributed by atoms with Gasteiger partial charge in [0.05, 0.1) is 5.69 Å². The van der Waals surface area contributed by atoms with Gasteiger partial charge in [-0.2, -0.15) is 0 Å². The van der Waals surface area contributed by atoms with Crippen LogP contribution in [0.3, 0.4) is 0 Å². The summed E-state index contributed by atoms with van der Waals surface area (Å²) in [5.41, 5.74) is 5.73. The first-order chi connectivity index (χ1) is 16.4. The first-order valence-corrected chi connectivity index (χ1v) is 11.9. The number of benzene rings is 3. The summed E-state index contributed by atoms with van der Waals surface area (Å²) in [6, 6.07) is 24.4. The number of hydrogen-bond donors (Lipinski definition) is 3. The lowest BCUT2D eigenvalue weighted by Gasteiger charge is -2.20. The molecule has 1 fully saturated rings. The van der Waals surface area contributed by atoms with Crippen LogP contribution in [0.2, 0.25) is 0 Å². The van der Waals surface area contributed by atoms with E-state index in [1.165, 1.54) is 11.1 Å². The molecule has 34 heavy (non-hydrogen) atoms. The minimum atomic E-state index is -0.166. The van der Waals surface area contributed by atoms with E-state index in [1.54, 1.807) is 4.57 Å². The number of anilines is 2. The lowest BCUT2D eigenvalue weighted by atomic mass is 10.1. The number of nitrogens with zero attached hydrogens (tertiary/aromatic N) is 2. The number of rotatable bonds is 6. The highest BCUT2D eigenvalue weighted by Crippen LogP contribution is 2.45. The number of amides is 1. The number of aromatic nitrogens is 3. The first kappa shape index (κ1) is 22.3. The number of nitrogens with one attached hydrogen (secondary N) is 3. The van der Waals surface area contributed by atoms with E-state index in [9.17, 15) is 4.79 Å². The van der Waals surface area contributed by atoms with Crippen LogP contribution in [-0.4, -0.2) is 33.8 Å². The van der Waals surface area contributed by atoms with E-state index in [0.717, 1.165) is 17.8 Å². The van der Waals surface area contributed by atoms with Crippen molar-refractivity contribution in [1.82, 2.24) is 14.8 Å². The number of likely N-dealkylation sites (N-methyl/N-ethyl adjacent to an activating group) is 1. The van der Waals surface area contributed by atoms with Crippen molar-refractivity contribution in [2.24, 2.45) is 0 Å². The van der Waals surface area contributed by atoms with Gasteiger partial charge in [-0.1, -0.05) is 42.0 Å². The molecule has 8 heteroatoms. The van der Waals surface area contributed by atoms with Crippen molar-refractivity contribution in [3.63, 3.8) is 0 Å². The number of H-pyrrole nitrogens is 2. The Hall–Kier alpha value is -3.49. The highest BCUT2D eigenvalue weighted by Gasteiger charge is 2.41. The summed E-state index contributed by atoms with van der Waals surface area (Å²) in [5, 5.41) is 8.64. The predicted octanol–water partition coefficient (Wildman–Crippen LogP) is 6.15. The van der Waals surface area contributed by atoms with Crippen molar-refractivity contribution in [3.8, 4) is 5.69 Å². The molecule has 2 atom stereocenters. The zero-order valence-corrected chi connectivity index (χ0v) is 20.5. The third kappa shape index (κ3) is 4.47. The summed E-state index contributed by atoms with van der Waals surface area (Å²) >= 11 is 10.6. The monoisotopic (exact) mass is 487 g/mol. The Bertz CT molecular complexity index is 1440. The largest absolute Gasteiger partial charge is 0.371 e. The predicted molar refractivity (Wildman–Crippen MR) is 141 cm³/mol. The van der Waals surface area contributed by atoms with Gasteiger partial charge in [-0.05, 0) is 79.7 Å². The second kappa shape index (κ2) is 9.04. The van der Waals surface area contributed by atoms with Crippen LogP contribution in [0.5, 0.6) is 0 Å². The third-order valence-corrected chi connectivity index (χ3v) is 6.89. The van der Waals surface area contributed by atoms with Crippen LogP contribution >= 0.6 is 24.4 Å². The molecular formula is C26H25N5OS2. The lowest BCUT2D eigenvalue weighted by molar-refractivity contribution is 0.102. The standard InChI is InChI=1S/C26H25N5OS2/c1-16-9-11-17(12-10-16)22-15-23(22)30(2)20-7-3-5-18(13-20)24(32)27-19-6-4-8-21(14-19)31-25(33)28-29-26(31)34/h3-14,22-23H,15H2,1-2H3,(H,27,32)(H,28,33)(H,29,34). The molecule has 1 aliphatic rings. The van der Waals surface area contributed by atoms with E-state index >= 15 is 0 Å². The molecule has 0 aliphatic heterocycles. The Balaban J connectivity index is 1.31. The SMILES string of the molecule is Cc1ccc(C2CC2N(C)c2cccc(C(=O)Nc3cccc(-n4c(=S)[nH][nH]c4=S)c3)c2)cc1. The van der Waals surface area contributed by atoms with Crippen LogP contribution in [0.4, 0.5) is 11.4 Å². The third-order valence-electron chi connectivity index (χ3n) is 6.32. The van der Waals surface area contributed by atoms with Crippen molar-refractivity contribution in [3.05, 3.63) is 99.0 Å². The molecule has 4 aromatic rings. The molecule has 2 unspecified atom stereocenters. The van der Waals surface area contributed by atoms with Crippen LogP contribution in [0.25, 0.3) is 5.69 Å². The number of aryl methyl sites for hydroxylation is 1. The molecule has 6 nitrogen and oxygen atoms in total. The van der Waals surface area contributed by atoms with Crippen LogP contribution in [0, 0.1) is 16.5 Å². The zero-order chi connectivity index (χ0) is 23.8. The van der Waals surface area contributed by atoms with Crippen LogP contribution in [0.1, 0.15) is 33.8 Å². The van der Waals surface area contributed by atoms with E-state index in [0.29, 0.717) is 32.8 Å². The van der Waals surface area contributed by atoms with Gasteiger partial charge in [0.15, 0.2) is 9.54 Å². The van der Waals surface area contributed by atoms with Crippen LogP contribution in [-0.2, 0) is 0 Å². The summed E-state index contributed by atoms with van der Waals surface area (Å²) in [6.07, 6.45) is 1.12. The molecule has 0 radical (unpaired) electrons. The summed E-state index contributed by atoms with van der Waals surface area (Å²) in [6.45, 7) is 2.11. The fraction of sp³-hybridized carbons (Fsp3) is 0.192. The maximum Gasteiger partial charge on any atom is 0.255 e. The first-order valence-electron chi connectivity index (χ1n) is 11.1. The van der Waals surface area contributed by atoms with Crippen molar-refractivity contribution in [2.45, 2.75) is 25.3 Å². The Morgan fingerprint density at radius 3 is 2.44 bits per heavy atom. The van der Waals surface area contributed by atoms with Gasteiger partial charge in [-0.3, -0.25) is 19.6 Å². The lowest BCUT2D eigenvalue weighted by Crippen LogP contribution is -2.22. The molecule has 1 amide bonds. The van der Waals surface area contributed by atoms with Gasteiger partial charge in [0.25, 0.3) is 5.91 Å². The molecule has 5 rings (SSSR count). The zero-order valence-electron chi connectivity index (χ0n) is 18.9. The van der Waals surface area contributed by atoms with E-state index in [2.05, 4.69) is 64.7 Å².